The normalized spacial score (nSPS) is 16.9. The molecule has 0 aliphatic carbocycles. The van der Waals surface area contributed by atoms with Crippen LogP contribution in [0.4, 0.5) is 0 Å². The molecule has 154 valence electrons. The maximum absolute atomic E-state index is 11.6. The fraction of sp³-hybridized carbons (Fsp3) is 0.286. The molecule has 1 aromatic carbocycles. The van der Waals surface area contributed by atoms with Gasteiger partial charge in [-0.1, -0.05) is 17.0 Å². The minimum atomic E-state index is -1.50. The molecule has 4 N–H and O–H groups in total. The number of amides is 1. The zero-order valence-electron chi connectivity index (χ0n) is 16.4. The third-order valence-electron chi connectivity index (χ3n) is 4.72. The summed E-state index contributed by atoms with van der Waals surface area (Å²) in [6, 6.07) is 6.82. The van der Waals surface area contributed by atoms with Gasteiger partial charge in [0.05, 0.1) is 18.7 Å². The Kier molecular flexibility index (Phi) is 4.81. The van der Waals surface area contributed by atoms with E-state index in [0.29, 0.717) is 40.7 Å². The van der Waals surface area contributed by atoms with Crippen LogP contribution in [0.2, 0.25) is 0 Å². The molecule has 0 saturated heterocycles. The molecule has 9 nitrogen and oxygen atoms in total. The molecule has 1 aliphatic rings. The number of aromatic nitrogens is 3. The fourth-order valence-electron chi connectivity index (χ4n) is 3.16. The lowest BCUT2D eigenvalue weighted by atomic mass is 10.0. The van der Waals surface area contributed by atoms with E-state index in [1.54, 1.807) is 35.8 Å². The number of hydrogen-bond donors (Lipinski definition) is 3. The van der Waals surface area contributed by atoms with Gasteiger partial charge < -0.3 is 29.8 Å². The second-order valence-corrected chi connectivity index (χ2v) is 7.24. The van der Waals surface area contributed by atoms with Gasteiger partial charge in [-0.05, 0) is 32.0 Å². The van der Waals surface area contributed by atoms with E-state index in [9.17, 15) is 15.0 Å². The van der Waals surface area contributed by atoms with E-state index >= 15 is 0 Å². The molecule has 0 fully saturated rings. The molecule has 30 heavy (non-hydrogen) atoms. The number of fused-ring (bicyclic) bond motifs is 3. The van der Waals surface area contributed by atoms with Crippen LogP contribution >= 0.6 is 0 Å². The van der Waals surface area contributed by atoms with Crippen molar-refractivity contribution in [3.8, 4) is 29.0 Å². The van der Waals surface area contributed by atoms with Crippen LogP contribution in [-0.2, 0) is 12.1 Å². The van der Waals surface area contributed by atoms with Gasteiger partial charge in [0.2, 0.25) is 0 Å². The van der Waals surface area contributed by atoms with Crippen LogP contribution in [0.25, 0.3) is 11.4 Å². The highest BCUT2D eigenvalue weighted by Crippen LogP contribution is 2.34. The number of primary amides is 1. The van der Waals surface area contributed by atoms with Crippen LogP contribution in [0.5, 0.6) is 5.75 Å². The Morgan fingerprint density at radius 2 is 2.23 bits per heavy atom. The van der Waals surface area contributed by atoms with Crippen molar-refractivity contribution >= 4 is 5.91 Å². The highest BCUT2D eigenvalue weighted by atomic mass is 16.5. The van der Waals surface area contributed by atoms with Gasteiger partial charge in [-0.15, -0.1) is 0 Å². The quantitative estimate of drug-likeness (QED) is 0.549. The molecule has 0 bridgehead atoms. The average molecular weight is 408 g/mol. The van der Waals surface area contributed by atoms with Crippen LogP contribution in [0.15, 0.2) is 35.0 Å². The van der Waals surface area contributed by atoms with E-state index in [1.807, 2.05) is 0 Å². The number of carbonyl (C=O) groups excluding carboxylic acids is 1. The van der Waals surface area contributed by atoms with Crippen molar-refractivity contribution < 1.29 is 24.3 Å². The molecule has 0 radical (unpaired) electrons. The van der Waals surface area contributed by atoms with Crippen molar-refractivity contribution in [1.82, 2.24) is 14.7 Å². The van der Waals surface area contributed by atoms with E-state index in [-0.39, 0.29) is 12.3 Å². The second-order valence-electron chi connectivity index (χ2n) is 7.24. The lowest BCUT2D eigenvalue weighted by Gasteiger charge is -2.15. The van der Waals surface area contributed by atoms with Crippen molar-refractivity contribution in [2.24, 2.45) is 5.73 Å². The first-order chi connectivity index (χ1) is 14.3. The van der Waals surface area contributed by atoms with Crippen molar-refractivity contribution in [2.45, 2.75) is 32.1 Å². The summed E-state index contributed by atoms with van der Waals surface area (Å²) in [6.07, 6.45) is 1.03. The molecule has 0 saturated carbocycles. The zero-order valence-corrected chi connectivity index (χ0v) is 16.4. The van der Waals surface area contributed by atoms with E-state index in [1.165, 1.54) is 13.1 Å². The number of imidazole rings is 1. The molecular formula is C21H20N4O5. The molecule has 1 aliphatic heterocycles. The van der Waals surface area contributed by atoms with Crippen molar-refractivity contribution in [3.63, 3.8) is 0 Å². The van der Waals surface area contributed by atoms with Gasteiger partial charge in [0.1, 0.15) is 34.8 Å². The number of nitrogens with zero attached hydrogens (tertiary/aromatic N) is 3. The third kappa shape index (κ3) is 3.66. The van der Waals surface area contributed by atoms with Crippen LogP contribution in [0, 0.1) is 18.8 Å². The molecule has 9 heteroatoms. The molecular weight excluding hydrogens is 388 g/mol. The van der Waals surface area contributed by atoms with Gasteiger partial charge in [0.15, 0.2) is 5.60 Å². The summed E-state index contributed by atoms with van der Waals surface area (Å²) >= 11 is 0. The highest BCUT2D eigenvalue weighted by molar-refractivity contribution is 5.91. The summed E-state index contributed by atoms with van der Waals surface area (Å²) in [5.41, 5.74) is 5.51. The highest BCUT2D eigenvalue weighted by Gasteiger charge is 2.26. The average Bonchev–Trinajstić information content (AvgIpc) is 3.30. The first-order valence-electron chi connectivity index (χ1n) is 9.25. The number of aliphatic hydroxyl groups is 2. The minimum absolute atomic E-state index is 0.121. The Morgan fingerprint density at radius 1 is 1.43 bits per heavy atom. The van der Waals surface area contributed by atoms with Crippen LogP contribution < -0.4 is 10.5 Å². The van der Waals surface area contributed by atoms with Crippen molar-refractivity contribution in [1.29, 1.82) is 0 Å². The summed E-state index contributed by atoms with van der Waals surface area (Å²) in [5, 5.41) is 24.0. The maximum Gasteiger partial charge on any atom is 0.268 e. The van der Waals surface area contributed by atoms with Crippen LogP contribution in [0.1, 0.15) is 34.4 Å². The summed E-state index contributed by atoms with van der Waals surface area (Å²) < 4.78 is 12.6. The molecule has 2 atom stereocenters. The Morgan fingerprint density at radius 3 is 2.90 bits per heavy atom. The third-order valence-corrected chi connectivity index (χ3v) is 4.72. The van der Waals surface area contributed by atoms with Crippen LogP contribution in [0.3, 0.4) is 0 Å². The number of benzene rings is 1. The van der Waals surface area contributed by atoms with Gasteiger partial charge in [-0.25, -0.2) is 4.98 Å². The maximum atomic E-state index is 11.6. The van der Waals surface area contributed by atoms with E-state index in [0.717, 1.165) is 0 Å². The summed E-state index contributed by atoms with van der Waals surface area (Å²) in [7, 11) is 0. The minimum Gasteiger partial charge on any atom is -0.485 e. The van der Waals surface area contributed by atoms with Crippen molar-refractivity contribution in [2.75, 3.05) is 6.61 Å². The fourth-order valence-corrected chi connectivity index (χ4v) is 3.16. The number of nitrogens with two attached hydrogens (primary N) is 1. The number of hydrogen-bond acceptors (Lipinski definition) is 7. The van der Waals surface area contributed by atoms with E-state index < -0.39 is 17.6 Å². The lowest BCUT2D eigenvalue weighted by molar-refractivity contribution is 0.0993. The van der Waals surface area contributed by atoms with Crippen LogP contribution in [-0.4, -0.2) is 43.5 Å². The first-order valence-corrected chi connectivity index (χ1v) is 9.25. The Hall–Kier alpha value is -3.61. The Balaban J connectivity index is 1.76. The predicted octanol–water partition coefficient (Wildman–Crippen LogP) is 0.958. The Bertz CT molecular complexity index is 1180. The van der Waals surface area contributed by atoms with Crippen molar-refractivity contribution in [3.05, 3.63) is 53.2 Å². The molecule has 1 amide bonds. The number of aliphatic hydroxyl groups excluding tert-OH is 1. The Labute approximate surface area is 172 Å². The number of aryl methyl sites for hydroxylation is 1. The topological polar surface area (TPSA) is 137 Å². The predicted molar refractivity (Wildman–Crippen MR) is 105 cm³/mol. The number of ether oxygens (including phenoxy) is 1. The van der Waals surface area contributed by atoms with E-state index in [4.69, 9.17) is 15.0 Å². The first kappa shape index (κ1) is 19.7. The smallest absolute Gasteiger partial charge is 0.268 e. The van der Waals surface area contributed by atoms with Gasteiger partial charge in [-0.2, -0.15) is 0 Å². The zero-order chi connectivity index (χ0) is 21.5. The summed E-state index contributed by atoms with van der Waals surface area (Å²) in [4.78, 5) is 15.9. The van der Waals surface area contributed by atoms with Gasteiger partial charge in [-0.3, -0.25) is 4.79 Å². The number of rotatable bonds is 3. The largest absolute Gasteiger partial charge is 0.485 e. The molecule has 4 rings (SSSR count). The SMILES string of the molecule is Cc1cc([C@@](C)(O)C#Cc2ccc3c(c2)-c2nc(C(N)=O)cn2C[C@H](CO)O3)no1. The molecule has 3 aromatic rings. The monoisotopic (exact) mass is 408 g/mol. The van der Waals surface area contributed by atoms with Gasteiger partial charge >= 0.3 is 0 Å². The molecule has 0 spiro atoms. The molecule has 0 unspecified atom stereocenters. The summed E-state index contributed by atoms with van der Waals surface area (Å²) in [5.74, 6) is 6.64. The van der Waals surface area contributed by atoms with E-state index in [2.05, 4.69) is 22.0 Å². The van der Waals surface area contributed by atoms with Gasteiger partial charge in [0.25, 0.3) is 5.91 Å². The van der Waals surface area contributed by atoms with Gasteiger partial charge in [0, 0.05) is 17.8 Å². The molecule has 2 aromatic heterocycles. The second kappa shape index (κ2) is 7.33. The lowest BCUT2D eigenvalue weighted by Crippen LogP contribution is -2.25. The summed E-state index contributed by atoms with van der Waals surface area (Å²) in [6.45, 7) is 3.36. The standard InChI is InChI=1S/C21H20N4O5/c1-12-7-18(24-30-12)21(2,28)6-5-13-3-4-17-15(8-13)20-23-16(19(22)27)10-25(20)9-14(11-26)29-17/h3-4,7-8,10,14,26,28H,9,11H2,1-2H3,(H2,22,27)/t14-,21+/m1/s1. The molecule has 3 heterocycles. The number of carbonyl (C=O) groups is 1.